The van der Waals surface area contributed by atoms with E-state index in [4.69, 9.17) is 9.84 Å². The van der Waals surface area contributed by atoms with Crippen molar-refractivity contribution in [2.75, 3.05) is 13.2 Å². The highest BCUT2D eigenvalue weighted by molar-refractivity contribution is 5.71. The fourth-order valence-corrected chi connectivity index (χ4v) is 2.31. The monoisotopic (exact) mass is 182 g/mol. The molecule has 2 rings (SSSR count). The highest BCUT2D eigenvalue weighted by Crippen LogP contribution is 2.38. The SMILES string of the molecule is CC1C=CC2C(C(=O)O)COCC12. The lowest BCUT2D eigenvalue weighted by Crippen LogP contribution is -2.38. The third-order valence-electron chi connectivity index (χ3n) is 3.20. The van der Waals surface area contributed by atoms with Crippen molar-refractivity contribution in [1.82, 2.24) is 0 Å². The molecule has 0 saturated carbocycles. The Balaban J connectivity index is 2.16. The third-order valence-corrected chi connectivity index (χ3v) is 3.20. The van der Waals surface area contributed by atoms with Crippen LogP contribution < -0.4 is 0 Å². The predicted octanol–water partition coefficient (Wildman–Crippen LogP) is 1.16. The van der Waals surface area contributed by atoms with E-state index < -0.39 is 5.97 Å². The second kappa shape index (κ2) is 3.14. The Labute approximate surface area is 77.4 Å². The fraction of sp³-hybridized carbons (Fsp3) is 0.700. The molecule has 1 saturated heterocycles. The zero-order valence-electron chi connectivity index (χ0n) is 7.64. The Bertz CT molecular complexity index is 247. The molecule has 3 heteroatoms. The van der Waals surface area contributed by atoms with E-state index in [0.717, 1.165) is 0 Å². The number of carboxylic acids is 1. The molecule has 0 amide bonds. The Morgan fingerprint density at radius 3 is 2.92 bits per heavy atom. The van der Waals surface area contributed by atoms with Crippen molar-refractivity contribution < 1.29 is 14.6 Å². The van der Waals surface area contributed by atoms with E-state index in [2.05, 4.69) is 19.1 Å². The van der Waals surface area contributed by atoms with Crippen molar-refractivity contribution in [2.24, 2.45) is 23.7 Å². The van der Waals surface area contributed by atoms with Gasteiger partial charge in [0, 0.05) is 0 Å². The number of fused-ring (bicyclic) bond motifs is 1. The molecule has 1 fully saturated rings. The van der Waals surface area contributed by atoms with Crippen LogP contribution in [0.3, 0.4) is 0 Å². The number of carboxylic acid groups (broad SMARTS) is 1. The summed E-state index contributed by atoms with van der Waals surface area (Å²) in [4.78, 5) is 10.9. The first-order valence-corrected chi connectivity index (χ1v) is 4.69. The second-order valence-electron chi connectivity index (χ2n) is 3.97. The van der Waals surface area contributed by atoms with Gasteiger partial charge in [0.25, 0.3) is 0 Å². The summed E-state index contributed by atoms with van der Waals surface area (Å²) >= 11 is 0. The molecule has 3 nitrogen and oxygen atoms in total. The van der Waals surface area contributed by atoms with Crippen LogP contribution in [-0.2, 0) is 9.53 Å². The molecule has 0 spiro atoms. The topological polar surface area (TPSA) is 46.5 Å². The Hall–Kier alpha value is -0.830. The van der Waals surface area contributed by atoms with Gasteiger partial charge in [0.05, 0.1) is 19.1 Å². The molecule has 0 aromatic rings. The average molecular weight is 182 g/mol. The first-order chi connectivity index (χ1) is 6.20. The maximum Gasteiger partial charge on any atom is 0.309 e. The Morgan fingerprint density at radius 1 is 1.46 bits per heavy atom. The van der Waals surface area contributed by atoms with Crippen LogP contribution in [0.2, 0.25) is 0 Å². The molecule has 4 atom stereocenters. The molecule has 4 unspecified atom stereocenters. The number of ether oxygens (including phenoxy) is 1. The zero-order chi connectivity index (χ0) is 9.42. The van der Waals surface area contributed by atoms with Crippen LogP contribution in [0.5, 0.6) is 0 Å². The number of hydrogen-bond acceptors (Lipinski definition) is 2. The lowest BCUT2D eigenvalue weighted by atomic mass is 9.80. The summed E-state index contributed by atoms with van der Waals surface area (Å²) in [6.07, 6.45) is 4.16. The van der Waals surface area contributed by atoms with Crippen LogP contribution in [-0.4, -0.2) is 24.3 Å². The van der Waals surface area contributed by atoms with Crippen molar-refractivity contribution in [3.63, 3.8) is 0 Å². The molecule has 1 aliphatic heterocycles. The molecule has 0 aromatic carbocycles. The Kier molecular flexibility index (Phi) is 2.12. The molecule has 0 aromatic heterocycles. The van der Waals surface area contributed by atoms with Crippen molar-refractivity contribution in [3.8, 4) is 0 Å². The van der Waals surface area contributed by atoms with Gasteiger partial charge in [-0.15, -0.1) is 0 Å². The van der Waals surface area contributed by atoms with Gasteiger partial charge in [-0.3, -0.25) is 4.79 Å². The van der Waals surface area contributed by atoms with Crippen LogP contribution >= 0.6 is 0 Å². The highest BCUT2D eigenvalue weighted by atomic mass is 16.5. The van der Waals surface area contributed by atoms with E-state index in [1.54, 1.807) is 0 Å². The number of hydrogen-bond donors (Lipinski definition) is 1. The largest absolute Gasteiger partial charge is 0.481 e. The van der Waals surface area contributed by atoms with Gasteiger partial charge in [-0.1, -0.05) is 19.1 Å². The molecule has 0 bridgehead atoms. The minimum absolute atomic E-state index is 0.196. The number of carbonyl (C=O) groups is 1. The molecular formula is C10H14O3. The number of rotatable bonds is 1. The number of allylic oxidation sites excluding steroid dienone is 2. The highest BCUT2D eigenvalue weighted by Gasteiger charge is 2.41. The Morgan fingerprint density at radius 2 is 2.23 bits per heavy atom. The second-order valence-corrected chi connectivity index (χ2v) is 3.97. The van der Waals surface area contributed by atoms with Crippen molar-refractivity contribution in [3.05, 3.63) is 12.2 Å². The first kappa shape index (κ1) is 8.75. The van der Waals surface area contributed by atoms with Gasteiger partial charge < -0.3 is 9.84 Å². The third kappa shape index (κ3) is 1.37. The lowest BCUT2D eigenvalue weighted by Gasteiger charge is -2.32. The minimum Gasteiger partial charge on any atom is -0.481 e. The first-order valence-electron chi connectivity index (χ1n) is 4.69. The summed E-state index contributed by atoms with van der Waals surface area (Å²) in [7, 11) is 0. The molecule has 1 aliphatic carbocycles. The smallest absolute Gasteiger partial charge is 0.309 e. The summed E-state index contributed by atoms with van der Waals surface area (Å²) in [5, 5.41) is 8.96. The summed E-state index contributed by atoms with van der Waals surface area (Å²) in [6.45, 7) is 3.20. The summed E-state index contributed by atoms with van der Waals surface area (Å²) < 4.78 is 5.31. The molecular weight excluding hydrogens is 168 g/mol. The van der Waals surface area contributed by atoms with E-state index in [1.807, 2.05) is 0 Å². The van der Waals surface area contributed by atoms with Gasteiger partial charge in [0.2, 0.25) is 0 Å². The van der Waals surface area contributed by atoms with Gasteiger partial charge >= 0.3 is 5.97 Å². The predicted molar refractivity (Wildman–Crippen MR) is 47.2 cm³/mol. The molecule has 72 valence electrons. The molecule has 1 heterocycles. The zero-order valence-corrected chi connectivity index (χ0v) is 7.64. The maximum atomic E-state index is 10.9. The quantitative estimate of drug-likeness (QED) is 0.619. The van der Waals surface area contributed by atoms with Gasteiger partial charge in [0.15, 0.2) is 0 Å². The van der Waals surface area contributed by atoms with Crippen LogP contribution in [0.15, 0.2) is 12.2 Å². The molecule has 2 aliphatic rings. The van der Waals surface area contributed by atoms with Crippen LogP contribution in [0.1, 0.15) is 6.92 Å². The molecule has 13 heavy (non-hydrogen) atoms. The minimum atomic E-state index is -0.728. The number of aliphatic carboxylic acids is 1. The average Bonchev–Trinajstić information content (AvgIpc) is 2.48. The van der Waals surface area contributed by atoms with Crippen molar-refractivity contribution >= 4 is 5.97 Å². The fourth-order valence-electron chi connectivity index (χ4n) is 2.31. The molecule has 0 radical (unpaired) electrons. The van der Waals surface area contributed by atoms with Crippen LogP contribution in [0, 0.1) is 23.7 Å². The lowest BCUT2D eigenvalue weighted by molar-refractivity contribution is -0.150. The van der Waals surface area contributed by atoms with Crippen molar-refractivity contribution in [2.45, 2.75) is 6.92 Å². The van der Waals surface area contributed by atoms with E-state index in [9.17, 15) is 4.79 Å². The van der Waals surface area contributed by atoms with E-state index >= 15 is 0 Å². The summed E-state index contributed by atoms with van der Waals surface area (Å²) in [5.41, 5.74) is 0. The van der Waals surface area contributed by atoms with Gasteiger partial charge in [-0.25, -0.2) is 0 Å². The summed E-state index contributed by atoms with van der Waals surface area (Å²) in [6, 6.07) is 0. The standard InChI is InChI=1S/C10H14O3/c1-6-2-3-7-8(6)4-13-5-9(7)10(11)12/h2-3,6-9H,4-5H2,1H3,(H,11,12). The van der Waals surface area contributed by atoms with Gasteiger partial charge in [-0.2, -0.15) is 0 Å². The van der Waals surface area contributed by atoms with E-state index in [-0.39, 0.29) is 11.8 Å². The van der Waals surface area contributed by atoms with Gasteiger partial charge in [0.1, 0.15) is 0 Å². The van der Waals surface area contributed by atoms with E-state index in [1.165, 1.54) is 0 Å². The van der Waals surface area contributed by atoms with Crippen molar-refractivity contribution in [1.29, 1.82) is 0 Å². The maximum absolute atomic E-state index is 10.9. The molecule has 1 N–H and O–H groups in total. The van der Waals surface area contributed by atoms with E-state index in [0.29, 0.717) is 25.0 Å². The van der Waals surface area contributed by atoms with Crippen LogP contribution in [0.25, 0.3) is 0 Å². The van der Waals surface area contributed by atoms with Gasteiger partial charge in [-0.05, 0) is 17.8 Å². The summed E-state index contributed by atoms with van der Waals surface area (Å²) in [5.74, 6) is -0.0170. The van der Waals surface area contributed by atoms with Crippen LogP contribution in [0.4, 0.5) is 0 Å². The normalized spacial score (nSPS) is 43.2.